The lowest BCUT2D eigenvalue weighted by molar-refractivity contribution is -0.116. The highest BCUT2D eigenvalue weighted by atomic mass is 35.5. The van der Waals surface area contributed by atoms with Gasteiger partial charge in [0.1, 0.15) is 10.3 Å². The van der Waals surface area contributed by atoms with Crippen molar-refractivity contribution >= 4 is 52.2 Å². The molecule has 3 N–H and O–H groups in total. The fourth-order valence-electron chi connectivity index (χ4n) is 3.37. The van der Waals surface area contributed by atoms with E-state index in [1.54, 1.807) is 12.1 Å². The molecule has 0 aliphatic carbocycles. The van der Waals surface area contributed by atoms with E-state index in [0.29, 0.717) is 23.6 Å². The highest BCUT2D eigenvalue weighted by Crippen LogP contribution is 2.34. The van der Waals surface area contributed by atoms with Gasteiger partial charge < -0.3 is 0 Å². The van der Waals surface area contributed by atoms with Crippen molar-refractivity contribution in [3.05, 3.63) is 39.3 Å². The number of anilines is 2. The Morgan fingerprint density at radius 3 is 2.48 bits per heavy atom. The molecule has 0 unspecified atom stereocenters. The van der Waals surface area contributed by atoms with Gasteiger partial charge in [-0.25, -0.2) is 9.97 Å². The minimum Gasteiger partial charge on any atom is -0.280 e. The number of carbonyl (C=O) groups is 1. The quantitative estimate of drug-likeness (QED) is 0.265. The van der Waals surface area contributed by atoms with Crippen LogP contribution in [0.5, 0.6) is 0 Å². The van der Waals surface area contributed by atoms with Crippen molar-refractivity contribution in [3.8, 4) is 0 Å². The molecule has 3 rings (SSSR count). The normalized spacial score (nSPS) is 11.1. The van der Waals surface area contributed by atoms with Crippen molar-refractivity contribution in [2.24, 2.45) is 0 Å². The van der Waals surface area contributed by atoms with Crippen LogP contribution in [0.25, 0.3) is 11.0 Å². The van der Waals surface area contributed by atoms with Crippen LogP contribution in [0.4, 0.5) is 11.5 Å². The van der Waals surface area contributed by atoms with E-state index in [1.807, 2.05) is 6.92 Å². The van der Waals surface area contributed by atoms with Gasteiger partial charge >= 0.3 is 0 Å². The van der Waals surface area contributed by atoms with Crippen LogP contribution in [0.1, 0.15) is 49.9 Å². The first-order valence-corrected chi connectivity index (χ1v) is 10.1. The van der Waals surface area contributed by atoms with Gasteiger partial charge in [-0.05, 0) is 24.8 Å². The molecule has 0 radical (unpaired) electrons. The van der Waals surface area contributed by atoms with Gasteiger partial charge in [0, 0.05) is 28.8 Å². The van der Waals surface area contributed by atoms with Gasteiger partial charge in [-0.3, -0.25) is 20.7 Å². The maximum absolute atomic E-state index is 11.7. The predicted octanol–water partition coefficient (Wildman–Crippen LogP) is 4.86. The van der Waals surface area contributed by atoms with Gasteiger partial charge in [-0.15, -0.1) is 0 Å². The summed E-state index contributed by atoms with van der Waals surface area (Å²) in [7, 11) is 0. The van der Waals surface area contributed by atoms with Crippen molar-refractivity contribution in [1.29, 1.82) is 0 Å². The second kappa shape index (κ2) is 8.84. The first kappa shape index (κ1) is 21.1. The summed E-state index contributed by atoms with van der Waals surface area (Å²) in [4.78, 5) is 20.3. The first-order valence-electron chi connectivity index (χ1n) is 9.32. The second-order valence-electron chi connectivity index (χ2n) is 7.00. The standard InChI is InChI=1S/C19H23Cl2N7O/c1-5-6-13-16(10(2)3)17-11(4)24-25-19(17)23-18(13)27-28(9-29)26-12-7-14(20)22-15(21)8-12/h7-10H,5-6H2,1-4H3,(H,22,26)(H2,23,24,25,27). The van der Waals surface area contributed by atoms with E-state index in [-0.39, 0.29) is 16.2 Å². The number of hydrogen-bond donors (Lipinski definition) is 3. The number of aromatic nitrogens is 4. The molecule has 0 aliphatic heterocycles. The smallest absolute Gasteiger partial charge is 0.248 e. The number of amides is 1. The van der Waals surface area contributed by atoms with Gasteiger partial charge in [-0.1, -0.05) is 50.4 Å². The molecule has 154 valence electrons. The number of hydrogen-bond acceptors (Lipinski definition) is 6. The number of carbonyl (C=O) groups excluding carboxylic acids is 1. The Labute approximate surface area is 178 Å². The number of nitrogens with one attached hydrogen (secondary N) is 3. The minimum absolute atomic E-state index is 0.214. The molecule has 0 saturated carbocycles. The zero-order chi connectivity index (χ0) is 21.1. The number of fused-ring (bicyclic) bond motifs is 1. The van der Waals surface area contributed by atoms with Crippen LogP contribution in [-0.2, 0) is 11.2 Å². The Hall–Kier alpha value is -2.58. The van der Waals surface area contributed by atoms with Crippen LogP contribution in [0.3, 0.4) is 0 Å². The van der Waals surface area contributed by atoms with E-state index in [9.17, 15) is 4.79 Å². The molecule has 3 aromatic rings. The Bertz CT molecular complexity index is 1010. The number of pyridine rings is 2. The van der Waals surface area contributed by atoms with Crippen LogP contribution in [0.2, 0.25) is 10.3 Å². The molecule has 8 nitrogen and oxygen atoms in total. The fraction of sp³-hybridized carbons (Fsp3) is 0.368. The molecule has 1 amide bonds. The van der Waals surface area contributed by atoms with Gasteiger partial charge in [0.05, 0.1) is 5.69 Å². The van der Waals surface area contributed by atoms with Gasteiger partial charge in [0.2, 0.25) is 6.41 Å². The van der Waals surface area contributed by atoms with Crippen molar-refractivity contribution < 1.29 is 4.79 Å². The van der Waals surface area contributed by atoms with Crippen LogP contribution in [0, 0.1) is 6.92 Å². The molecule has 0 aliphatic rings. The van der Waals surface area contributed by atoms with Crippen LogP contribution in [-0.4, -0.2) is 31.7 Å². The summed E-state index contributed by atoms with van der Waals surface area (Å²) in [6.45, 7) is 8.38. The molecule has 0 aromatic carbocycles. The minimum atomic E-state index is 0.214. The van der Waals surface area contributed by atoms with E-state index in [0.717, 1.165) is 29.5 Å². The maximum atomic E-state index is 11.7. The van der Waals surface area contributed by atoms with Gasteiger partial charge in [0.15, 0.2) is 11.5 Å². The molecule has 0 fully saturated rings. The number of rotatable bonds is 8. The molecule has 0 atom stereocenters. The zero-order valence-corrected chi connectivity index (χ0v) is 18.2. The van der Waals surface area contributed by atoms with E-state index < -0.39 is 0 Å². The number of aromatic amines is 1. The summed E-state index contributed by atoms with van der Waals surface area (Å²) in [5, 5.41) is 9.96. The van der Waals surface area contributed by atoms with E-state index in [1.165, 1.54) is 10.7 Å². The first-order chi connectivity index (χ1) is 13.8. The van der Waals surface area contributed by atoms with Gasteiger partial charge in [-0.2, -0.15) is 10.2 Å². The molecule has 3 heterocycles. The van der Waals surface area contributed by atoms with Crippen molar-refractivity contribution in [2.75, 3.05) is 10.9 Å². The number of nitrogens with zero attached hydrogens (tertiary/aromatic N) is 4. The highest BCUT2D eigenvalue weighted by Gasteiger charge is 2.21. The lowest BCUT2D eigenvalue weighted by Crippen LogP contribution is -2.35. The molecule has 3 aromatic heterocycles. The monoisotopic (exact) mass is 435 g/mol. The van der Waals surface area contributed by atoms with Crippen LogP contribution in [0.15, 0.2) is 12.1 Å². The van der Waals surface area contributed by atoms with Gasteiger partial charge in [0.25, 0.3) is 0 Å². The highest BCUT2D eigenvalue weighted by molar-refractivity contribution is 6.32. The SMILES string of the molecule is CCCc1c(NN(C=O)Nc2cc(Cl)nc(Cl)c2)nc2n[nH]c(C)c2c1C(C)C. The molecule has 0 saturated heterocycles. The predicted molar refractivity (Wildman–Crippen MR) is 116 cm³/mol. The lowest BCUT2D eigenvalue weighted by atomic mass is 9.92. The van der Waals surface area contributed by atoms with Crippen LogP contribution >= 0.6 is 23.2 Å². The zero-order valence-electron chi connectivity index (χ0n) is 16.7. The third-order valence-electron chi connectivity index (χ3n) is 4.45. The fourth-order valence-corrected chi connectivity index (χ4v) is 3.83. The summed E-state index contributed by atoms with van der Waals surface area (Å²) in [5.41, 5.74) is 10.3. The molecular formula is C19H23Cl2N7O. The summed E-state index contributed by atoms with van der Waals surface area (Å²) in [5.74, 6) is 0.828. The Morgan fingerprint density at radius 1 is 1.21 bits per heavy atom. The number of H-pyrrole nitrogens is 1. The third-order valence-corrected chi connectivity index (χ3v) is 4.83. The average molecular weight is 436 g/mol. The van der Waals surface area contributed by atoms with Crippen molar-refractivity contribution in [3.63, 3.8) is 0 Å². The summed E-state index contributed by atoms with van der Waals surface area (Å²) >= 11 is 11.9. The van der Waals surface area contributed by atoms with Crippen molar-refractivity contribution in [2.45, 2.75) is 46.5 Å². The maximum Gasteiger partial charge on any atom is 0.248 e. The molecule has 0 spiro atoms. The lowest BCUT2D eigenvalue weighted by Gasteiger charge is -2.24. The van der Waals surface area contributed by atoms with Crippen LogP contribution < -0.4 is 10.9 Å². The van der Waals surface area contributed by atoms with E-state index >= 15 is 0 Å². The number of halogens is 2. The summed E-state index contributed by atoms with van der Waals surface area (Å²) < 4.78 is 0. The molecule has 10 heteroatoms. The number of aryl methyl sites for hydroxylation is 1. The third kappa shape index (κ3) is 4.54. The number of hydrazine groups is 2. The average Bonchev–Trinajstić information content (AvgIpc) is 3.01. The molecule has 29 heavy (non-hydrogen) atoms. The molecule has 0 bridgehead atoms. The van der Waals surface area contributed by atoms with E-state index in [2.05, 4.69) is 51.8 Å². The van der Waals surface area contributed by atoms with Crippen molar-refractivity contribution in [1.82, 2.24) is 25.3 Å². The largest absolute Gasteiger partial charge is 0.280 e. The summed E-state index contributed by atoms with van der Waals surface area (Å²) in [6.07, 6.45) is 2.35. The van der Waals surface area contributed by atoms with E-state index in [4.69, 9.17) is 23.2 Å². The Morgan fingerprint density at radius 2 is 1.90 bits per heavy atom. The summed E-state index contributed by atoms with van der Waals surface area (Å²) in [6, 6.07) is 3.12. The molecular weight excluding hydrogens is 413 g/mol. The topological polar surface area (TPSA) is 98.8 Å². The second-order valence-corrected chi connectivity index (χ2v) is 7.78. The Balaban J connectivity index is 2.03. The Kier molecular flexibility index (Phi) is 6.44.